The summed E-state index contributed by atoms with van der Waals surface area (Å²) in [5.41, 5.74) is 3.41. The van der Waals surface area contributed by atoms with Crippen LogP contribution in [0, 0.1) is 5.82 Å². The molecule has 0 spiro atoms. The Balaban J connectivity index is 1.57. The van der Waals surface area contributed by atoms with Crippen LogP contribution in [0.3, 0.4) is 0 Å². The van der Waals surface area contributed by atoms with Gasteiger partial charge in [0.25, 0.3) is 5.91 Å². The van der Waals surface area contributed by atoms with Crippen LogP contribution in [0.2, 0.25) is 5.02 Å². The Morgan fingerprint density at radius 3 is 2.47 bits per heavy atom. The van der Waals surface area contributed by atoms with Gasteiger partial charge < -0.3 is 20.1 Å². The van der Waals surface area contributed by atoms with Crippen molar-refractivity contribution in [1.82, 2.24) is 5.43 Å². The fourth-order valence-corrected chi connectivity index (χ4v) is 3.56. The second-order valence-corrected chi connectivity index (χ2v) is 8.33. The summed E-state index contributed by atoms with van der Waals surface area (Å²) in [6, 6.07) is 14.8. The first-order valence-electron chi connectivity index (χ1n) is 10.2. The van der Waals surface area contributed by atoms with E-state index in [-0.39, 0.29) is 18.1 Å². The lowest BCUT2D eigenvalue weighted by molar-refractivity contribution is -0.136. The number of rotatable bonds is 8. The highest BCUT2D eigenvalue weighted by atomic mass is 79.9. The third kappa shape index (κ3) is 7.79. The largest absolute Gasteiger partial charge is 0.493 e. The molecular formula is C24H19BrClFN4O5. The Kier molecular flexibility index (Phi) is 9.37. The maximum Gasteiger partial charge on any atom is 0.329 e. The van der Waals surface area contributed by atoms with E-state index in [9.17, 15) is 18.8 Å². The number of nitrogens with zero attached hydrogens (tertiary/aromatic N) is 1. The predicted molar refractivity (Wildman–Crippen MR) is 137 cm³/mol. The fraction of sp³-hybridized carbons (Fsp3) is 0.0833. The van der Waals surface area contributed by atoms with Crippen LogP contribution in [0.4, 0.5) is 15.8 Å². The Bertz CT molecular complexity index is 1300. The summed E-state index contributed by atoms with van der Waals surface area (Å²) in [5.74, 6) is -2.23. The number of benzene rings is 3. The van der Waals surface area contributed by atoms with Crippen molar-refractivity contribution in [3.05, 3.63) is 81.5 Å². The number of hydrogen-bond donors (Lipinski definition) is 3. The second-order valence-electron chi connectivity index (χ2n) is 7.04. The molecule has 0 aromatic heterocycles. The van der Waals surface area contributed by atoms with Gasteiger partial charge in [-0.25, -0.2) is 9.82 Å². The molecule has 0 fully saturated rings. The number of hydrazone groups is 1. The van der Waals surface area contributed by atoms with Crippen LogP contribution in [-0.2, 0) is 14.4 Å². The van der Waals surface area contributed by atoms with E-state index >= 15 is 0 Å². The van der Waals surface area contributed by atoms with Crippen LogP contribution in [0.25, 0.3) is 0 Å². The quantitative estimate of drug-likeness (QED) is 0.209. The van der Waals surface area contributed by atoms with Gasteiger partial charge in [0.05, 0.1) is 17.8 Å². The molecule has 0 bridgehead atoms. The molecule has 0 unspecified atom stereocenters. The van der Waals surface area contributed by atoms with Gasteiger partial charge in [-0.3, -0.25) is 14.4 Å². The highest BCUT2D eigenvalue weighted by Crippen LogP contribution is 2.36. The lowest BCUT2D eigenvalue weighted by Gasteiger charge is -2.13. The van der Waals surface area contributed by atoms with Gasteiger partial charge in [0.2, 0.25) is 0 Å². The lowest BCUT2D eigenvalue weighted by Crippen LogP contribution is -2.32. The molecule has 0 saturated carbocycles. The molecule has 0 atom stereocenters. The van der Waals surface area contributed by atoms with E-state index in [1.165, 1.54) is 43.7 Å². The van der Waals surface area contributed by atoms with E-state index in [1.54, 1.807) is 30.3 Å². The summed E-state index contributed by atoms with van der Waals surface area (Å²) < 4.78 is 24.3. The van der Waals surface area contributed by atoms with Crippen LogP contribution in [-0.4, -0.2) is 37.7 Å². The molecule has 3 rings (SSSR count). The van der Waals surface area contributed by atoms with Crippen molar-refractivity contribution in [2.45, 2.75) is 0 Å². The van der Waals surface area contributed by atoms with E-state index in [2.05, 4.69) is 37.1 Å². The van der Waals surface area contributed by atoms with Crippen LogP contribution in [0.1, 0.15) is 5.56 Å². The minimum Gasteiger partial charge on any atom is -0.493 e. The van der Waals surface area contributed by atoms with Crippen LogP contribution in [0.15, 0.2) is 70.2 Å². The number of hydrogen-bond acceptors (Lipinski definition) is 6. The third-order valence-corrected chi connectivity index (χ3v) is 5.22. The first-order valence-corrected chi connectivity index (χ1v) is 11.4. The number of ether oxygens (including phenoxy) is 2. The average Bonchev–Trinajstić information content (AvgIpc) is 2.84. The van der Waals surface area contributed by atoms with Gasteiger partial charge in [-0.1, -0.05) is 17.7 Å². The number of amides is 3. The zero-order chi connectivity index (χ0) is 26.1. The first kappa shape index (κ1) is 26.6. The van der Waals surface area contributed by atoms with E-state index < -0.39 is 23.5 Å². The van der Waals surface area contributed by atoms with Crippen molar-refractivity contribution in [3.63, 3.8) is 0 Å². The minimum atomic E-state index is -0.982. The minimum absolute atomic E-state index is 0.258. The highest BCUT2D eigenvalue weighted by Gasteiger charge is 2.15. The number of carbonyl (C=O) groups excluding carboxylic acids is 3. The second kappa shape index (κ2) is 12.7. The normalized spacial score (nSPS) is 10.6. The van der Waals surface area contributed by atoms with Crippen molar-refractivity contribution in [2.75, 3.05) is 24.4 Å². The smallest absolute Gasteiger partial charge is 0.329 e. The lowest BCUT2D eigenvalue weighted by atomic mass is 10.2. The first-order chi connectivity index (χ1) is 17.2. The Hall–Kier alpha value is -3.96. The molecule has 0 radical (unpaired) electrons. The average molecular weight is 578 g/mol. The molecule has 0 aliphatic rings. The van der Waals surface area contributed by atoms with Crippen molar-refractivity contribution in [1.29, 1.82) is 0 Å². The number of anilines is 2. The van der Waals surface area contributed by atoms with Gasteiger partial charge in [-0.2, -0.15) is 5.10 Å². The van der Waals surface area contributed by atoms with Gasteiger partial charge in [0.15, 0.2) is 18.1 Å². The SMILES string of the molecule is COc1cc(/C=N\NC(=O)C(=O)Nc2cccc(Cl)c2)cc(Br)c1OCC(=O)Nc1ccc(F)cc1. The molecule has 3 aromatic carbocycles. The topological polar surface area (TPSA) is 118 Å². The number of nitrogens with one attached hydrogen (secondary N) is 3. The van der Waals surface area contributed by atoms with Crippen molar-refractivity contribution >= 4 is 62.8 Å². The van der Waals surface area contributed by atoms with Crippen LogP contribution in [0.5, 0.6) is 11.5 Å². The summed E-state index contributed by atoms with van der Waals surface area (Å²) in [5, 5.41) is 9.17. The maximum absolute atomic E-state index is 13.0. The molecule has 3 amide bonds. The van der Waals surface area contributed by atoms with E-state index in [0.29, 0.717) is 26.4 Å². The summed E-state index contributed by atoms with van der Waals surface area (Å²) in [4.78, 5) is 36.1. The molecule has 3 N–H and O–H groups in total. The summed E-state index contributed by atoms with van der Waals surface area (Å²) in [7, 11) is 1.41. The molecule has 3 aromatic rings. The predicted octanol–water partition coefficient (Wildman–Crippen LogP) is 4.36. The molecule has 36 heavy (non-hydrogen) atoms. The summed E-state index contributed by atoms with van der Waals surface area (Å²) in [6.45, 7) is -0.336. The fourth-order valence-electron chi connectivity index (χ4n) is 2.79. The molecule has 9 nitrogen and oxygen atoms in total. The zero-order valence-corrected chi connectivity index (χ0v) is 21.0. The van der Waals surface area contributed by atoms with Gasteiger partial charge in [-0.15, -0.1) is 0 Å². The van der Waals surface area contributed by atoms with E-state index in [1.807, 2.05) is 0 Å². The van der Waals surface area contributed by atoms with Gasteiger partial charge in [-0.05, 0) is 76.1 Å². The van der Waals surface area contributed by atoms with Crippen molar-refractivity contribution in [2.24, 2.45) is 5.10 Å². The van der Waals surface area contributed by atoms with Crippen LogP contribution >= 0.6 is 27.5 Å². The summed E-state index contributed by atoms with van der Waals surface area (Å²) >= 11 is 9.20. The van der Waals surface area contributed by atoms with Gasteiger partial charge in [0.1, 0.15) is 5.82 Å². The zero-order valence-electron chi connectivity index (χ0n) is 18.7. The standard InChI is InChI=1S/C24H19BrClFN4O5/c1-35-20-10-14(12-28-31-24(34)23(33)30-18-4-2-3-15(26)11-18)9-19(25)22(20)36-13-21(32)29-17-7-5-16(27)6-8-17/h2-12H,13H2,1H3,(H,29,32)(H,30,33)(H,31,34)/b28-12-. The number of carbonyl (C=O) groups is 3. The molecule has 0 heterocycles. The van der Waals surface area contributed by atoms with E-state index in [0.717, 1.165) is 0 Å². The highest BCUT2D eigenvalue weighted by molar-refractivity contribution is 9.10. The maximum atomic E-state index is 13.0. The van der Waals surface area contributed by atoms with E-state index in [4.69, 9.17) is 21.1 Å². The van der Waals surface area contributed by atoms with Crippen molar-refractivity contribution in [3.8, 4) is 11.5 Å². The van der Waals surface area contributed by atoms with Gasteiger partial charge in [0, 0.05) is 16.4 Å². The molecule has 0 aliphatic heterocycles. The molecule has 12 heteroatoms. The van der Waals surface area contributed by atoms with Crippen LogP contribution < -0.4 is 25.5 Å². The Morgan fingerprint density at radius 1 is 1.03 bits per heavy atom. The Labute approximate surface area is 218 Å². The number of methoxy groups -OCH3 is 1. The molecule has 186 valence electrons. The monoisotopic (exact) mass is 576 g/mol. The molecule has 0 aliphatic carbocycles. The summed E-state index contributed by atoms with van der Waals surface area (Å²) in [6.07, 6.45) is 1.29. The number of halogens is 3. The van der Waals surface area contributed by atoms with Crippen molar-refractivity contribution < 1.29 is 28.2 Å². The third-order valence-electron chi connectivity index (χ3n) is 4.40. The van der Waals surface area contributed by atoms with Gasteiger partial charge >= 0.3 is 11.8 Å². The molecular weight excluding hydrogens is 559 g/mol. The Morgan fingerprint density at radius 2 is 1.78 bits per heavy atom. The molecule has 0 saturated heterocycles.